The van der Waals surface area contributed by atoms with Gasteiger partial charge in [0.25, 0.3) is 5.91 Å². The SMILES string of the molecule is CON(C)C(=O)C1CCCN(C(=O)O)C1C(C)(C)C. The van der Waals surface area contributed by atoms with E-state index in [1.165, 1.54) is 17.1 Å². The number of hydrogen-bond donors (Lipinski definition) is 1. The molecule has 0 aromatic rings. The maximum Gasteiger partial charge on any atom is 0.407 e. The molecule has 1 saturated heterocycles. The number of hydroxylamine groups is 2. The van der Waals surface area contributed by atoms with Crippen LogP contribution in [0.5, 0.6) is 0 Å². The zero-order valence-electron chi connectivity index (χ0n) is 12.3. The van der Waals surface area contributed by atoms with Crippen LogP contribution < -0.4 is 0 Å². The van der Waals surface area contributed by atoms with Crippen molar-refractivity contribution in [3.05, 3.63) is 0 Å². The van der Waals surface area contributed by atoms with E-state index < -0.39 is 6.09 Å². The highest BCUT2D eigenvalue weighted by Gasteiger charge is 2.45. The van der Waals surface area contributed by atoms with Crippen LogP contribution in [-0.2, 0) is 9.63 Å². The van der Waals surface area contributed by atoms with Crippen LogP contribution in [0.3, 0.4) is 0 Å². The van der Waals surface area contributed by atoms with Crippen LogP contribution in [0.15, 0.2) is 0 Å². The largest absolute Gasteiger partial charge is 0.465 e. The zero-order chi connectivity index (χ0) is 14.8. The summed E-state index contributed by atoms with van der Waals surface area (Å²) in [7, 11) is 2.99. The molecule has 2 amide bonds. The molecule has 0 saturated carbocycles. The fraction of sp³-hybridized carbons (Fsp3) is 0.846. The first-order valence-corrected chi connectivity index (χ1v) is 6.51. The van der Waals surface area contributed by atoms with Crippen LogP contribution in [-0.4, -0.2) is 53.8 Å². The monoisotopic (exact) mass is 272 g/mol. The van der Waals surface area contributed by atoms with Crippen molar-refractivity contribution in [1.29, 1.82) is 0 Å². The molecule has 0 radical (unpaired) electrons. The first-order chi connectivity index (χ1) is 8.70. The molecule has 0 aliphatic carbocycles. The average molecular weight is 272 g/mol. The second kappa shape index (κ2) is 5.77. The quantitative estimate of drug-likeness (QED) is 0.778. The van der Waals surface area contributed by atoms with Crippen molar-refractivity contribution in [2.24, 2.45) is 11.3 Å². The summed E-state index contributed by atoms with van der Waals surface area (Å²) in [4.78, 5) is 30.1. The summed E-state index contributed by atoms with van der Waals surface area (Å²) < 4.78 is 0. The maximum atomic E-state index is 12.3. The van der Waals surface area contributed by atoms with E-state index in [4.69, 9.17) is 4.84 Å². The normalized spacial score (nSPS) is 24.2. The molecule has 6 nitrogen and oxygen atoms in total. The van der Waals surface area contributed by atoms with Crippen molar-refractivity contribution in [3.63, 3.8) is 0 Å². The summed E-state index contributed by atoms with van der Waals surface area (Å²) in [5, 5.41) is 10.5. The van der Waals surface area contributed by atoms with Gasteiger partial charge in [-0.25, -0.2) is 9.86 Å². The minimum atomic E-state index is -0.961. The Kier molecular flexibility index (Phi) is 4.79. The topological polar surface area (TPSA) is 70.1 Å². The Labute approximate surface area is 114 Å². The number of amides is 2. The molecule has 1 N–H and O–H groups in total. The Morgan fingerprint density at radius 3 is 2.37 bits per heavy atom. The lowest BCUT2D eigenvalue weighted by molar-refractivity contribution is -0.178. The van der Waals surface area contributed by atoms with Gasteiger partial charge >= 0.3 is 6.09 Å². The van der Waals surface area contributed by atoms with Gasteiger partial charge in [0.05, 0.1) is 19.1 Å². The molecule has 1 fully saturated rings. The van der Waals surface area contributed by atoms with Crippen molar-refractivity contribution in [1.82, 2.24) is 9.96 Å². The van der Waals surface area contributed by atoms with Crippen LogP contribution >= 0.6 is 0 Å². The molecule has 0 aromatic heterocycles. The summed E-state index contributed by atoms with van der Waals surface area (Å²) in [5.41, 5.74) is -0.298. The molecule has 0 spiro atoms. The summed E-state index contributed by atoms with van der Waals surface area (Å²) in [6.07, 6.45) is 0.433. The molecule has 1 rings (SSSR count). The number of hydrogen-bond acceptors (Lipinski definition) is 3. The first kappa shape index (κ1) is 15.8. The minimum absolute atomic E-state index is 0.159. The van der Waals surface area contributed by atoms with E-state index >= 15 is 0 Å². The third-order valence-corrected chi connectivity index (χ3v) is 3.67. The van der Waals surface area contributed by atoms with Crippen molar-refractivity contribution >= 4 is 12.0 Å². The molecule has 1 aliphatic heterocycles. The van der Waals surface area contributed by atoms with Crippen molar-refractivity contribution < 1.29 is 19.5 Å². The Hall–Kier alpha value is -1.30. The van der Waals surface area contributed by atoms with Gasteiger partial charge in [0, 0.05) is 13.6 Å². The predicted molar refractivity (Wildman–Crippen MR) is 70.5 cm³/mol. The fourth-order valence-electron chi connectivity index (χ4n) is 2.86. The number of carbonyl (C=O) groups is 2. The molecule has 2 atom stereocenters. The summed E-state index contributed by atoms with van der Waals surface area (Å²) in [5.74, 6) is -0.511. The van der Waals surface area contributed by atoms with Crippen molar-refractivity contribution in [2.45, 2.75) is 39.7 Å². The zero-order valence-corrected chi connectivity index (χ0v) is 12.3. The smallest absolute Gasteiger partial charge is 0.407 e. The third kappa shape index (κ3) is 3.37. The molecule has 2 unspecified atom stereocenters. The van der Waals surface area contributed by atoms with Gasteiger partial charge in [0.1, 0.15) is 0 Å². The lowest BCUT2D eigenvalue weighted by Crippen LogP contribution is -2.57. The van der Waals surface area contributed by atoms with Gasteiger partial charge in [-0.3, -0.25) is 9.63 Å². The van der Waals surface area contributed by atoms with E-state index in [9.17, 15) is 14.7 Å². The predicted octanol–water partition coefficient (Wildman–Crippen LogP) is 1.81. The van der Waals surface area contributed by atoms with Gasteiger partial charge in [-0.1, -0.05) is 20.8 Å². The number of nitrogens with zero attached hydrogens (tertiary/aromatic N) is 2. The van der Waals surface area contributed by atoms with E-state index in [2.05, 4.69) is 0 Å². The summed E-state index contributed by atoms with van der Waals surface area (Å²) in [6.45, 7) is 6.38. The van der Waals surface area contributed by atoms with Crippen molar-refractivity contribution in [3.8, 4) is 0 Å². The fourth-order valence-corrected chi connectivity index (χ4v) is 2.86. The van der Waals surface area contributed by atoms with Crippen LogP contribution in [0.2, 0.25) is 0 Å². The van der Waals surface area contributed by atoms with E-state index in [1.807, 2.05) is 20.8 Å². The number of carboxylic acid groups (broad SMARTS) is 1. The Morgan fingerprint density at radius 1 is 1.37 bits per heavy atom. The van der Waals surface area contributed by atoms with Crippen molar-refractivity contribution in [2.75, 3.05) is 20.7 Å². The molecule has 0 aromatic carbocycles. The van der Waals surface area contributed by atoms with E-state index in [-0.39, 0.29) is 23.3 Å². The number of likely N-dealkylation sites (tertiary alicyclic amines) is 1. The van der Waals surface area contributed by atoms with Crippen LogP contribution in [0.25, 0.3) is 0 Å². The Bertz CT molecular complexity index is 351. The number of rotatable bonds is 2. The van der Waals surface area contributed by atoms with Gasteiger partial charge in [0.15, 0.2) is 0 Å². The molecule has 1 heterocycles. The second-order valence-electron chi connectivity index (χ2n) is 6.05. The molecule has 110 valence electrons. The summed E-state index contributed by atoms with van der Waals surface area (Å²) >= 11 is 0. The number of piperidine rings is 1. The molecule has 1 aliphatic rings. The highest BCUT2D eigenvalue weighted by Crippen LogP contribution is 2.36. The lowest BCUT2D eigenvalue weighted by Gasteiger charge is -2.46. The molecular formula is C13H24N2O4. The van der Waals surface area contributed by atoms with E-state index in [1.54, 1.807) is 7.05 Å². The van der Waals surface area contributed by atoms with Gasteiger partial charge in [-0.05, 0) is 18.3 Å². The first-order valence-electron chi connectivity index (χ1n) is 6.51. The third-order valence-electron chi connectivity index (χ3n) is 3.67. The second-order valence-corrected chi connectivity index (χ2v) is 6.05. The Balaban J connectivity index is 3.06. The van der Waals surface area contributed by atoms with E-state index in [0.717, 1.165) is 0 Å². The molecular weight excluding hydrogens is 248 g/mol. The van der Waals surface area contributed by atoms with Crippen LogP contribution in [0.1, 0.15) is 33.6 Å². The lowest BCUT2D eigenvalue weighted by atomic mass is 9.73. The van der Waals surface area contributed by atoms with Gasteiger partial charge in [-0.2, -0.15) is 0 Å². The molecule has 0 bridgehead atoms. The highest BCUT2D eigenvalue weighted by molar-refractivity contribution is 5.79. The maximum absolute atomic E-state index is 12.3. The van der Waals surface area contributed by atoms with Crippen LogP contribution in [0.4, 0.5) is 4.79 Å². The number of carbonyl (C=O) groups excluding carboxylic acids is 1. The van der Waals surface area contributed by atoms with Crippen LogP contribution in [0, 0.1) is 11.3 Å². The van der Waals surface area contributed by atoms with Gasteiger partial charge < -0.3 is 10.0 Å². The Morgan fingerprint density at radius 2 is 1.95 bits per heavy atom. The highest BCUT2D eigenvalue weighted by atomic mass is 16.7. The standard InChI is InChI=1S/C13H24N2O4/c1-13(2,3)10-9(11(16)14(4)19-5)7-6-8-15(10)12(17)18/h9-10H,6-8H2,1-5H3,(H,17,18). The minimum Gasteiger partial charge on any atom is -0.465 e. The summed E-state index contributed by atoms with van der Waals surface area (Å²) in [6, 6.07) is -0.330. The van der Waals surface area contributed by atoms with E-state index in [0.29, 0.717) is 19.4 Å². The van der Waals surface area contributed by atoms with Gasteiger partial charge in [-0.15, -0.1) is 0 Å². The average Bonchev–Trinajstić information content (AvgIpc) is 2.34. The molecule has 6 heteroatoms. The molecule has 19 heavy (non-hydrogen) atoms. The van der Waals surface area contributed by atoms with Gasteiger partial charge in [0.2, 0.25) is 0 Å².